The number of aryl methyl sites for hydroxylation is 2. The third-order valence-corrected chi connectivity index (χ3v) is 6.51. The number of thioether (sulfide) groups is 1. The van der Waals surface area contributed by atoms with Gasteiger partial charge in [-0.05, 0) is 79.1 Å². The van der Waals surface area contributed by atoms with Crippen LogP contribution in [0, 0.1) is 6.92 Å². The maximum Gasteiger partial charge on any atom is 0.264 e. The van der Waals surface area contributed by atoms with E-state index in [2.05, 4.69) is 23.3 Å². The first kappa shape index (κ1) is 24.9. The largest absolute Gasteiger partial charge is 0.490 e. The lowest BCUT2D eigenvalue weighted by Gasteiger charge is -2.15. The number of aliphatic imine (C=N–C) groups is 1. The number of amides is 1. The van der Waals surface area contributed by atoms with E-state index in [1.165, 1.54) is 17.3 Å². The molecule has 1 amide bonds. The van der Waals surface area contributed by atoms with E-state index >= 15 is 0 Å². The fourth-order valence-electron chi connectivity index (χ4n) is 3.59. The average molecular weight is 507 g/mol. The minimum absolute atomic E-state index is 0.201. The Kier molecular flexibility index (Phi) is 8.16. The molecule has 0 spiro atoms. The van der Waals surface area contributed by atoms with Crippen molar-refractivity contribution in [3.8, 4) is 11.5 Å². The van der Waals surface area contributed by atoms with E-state index in [0.29, 0.717) is 39.8 Å². The Morgan fingerprint density at radius 2 is 1.83 bits per heavy atom. The summed E-state index contributed by atoms with van der Waals surface area (Å²) in [5.41, 5.74) is 4.99. The van der Waals surface area contributed by atoms with Crippen molar-refractivity contribution in [2.75, 3.05) is 6.61 Å². The first-order valence-electron chi connectivity index (χ1n) is 11.5. The molecule has 7 heteroatoms. The van der Waals surface area contributed by atoms with Crippen LogP contribution in [0.15, 0.2) is 70.6 Å². The number of nitrogens with zero attached hydrogens (tertiary/aromatic N) is 1. The molecule has 0 unspecified atom stereocenters. The molecule has 5 nitrogen and oxygen atoms in total. The van der Waals surface area contributed by atoms with Gasteiger partial charge in [-0.25, -0.2) is 4.99 Å². The zero-order chi connectivity index (χ0) is 24.8. The number of rotatable bonds is 8. The van der Waals surface area contributed by atoms with Crippen LogP contribution >= 0.6 is 23.4 Å². The summed E-state index contributed by atoms with van der Waals surface area (Å²) in [5, 5.41) is 3.79. The first-order valence-corrected chi connectivity index (χ1v) is 12.7. The van der Waals surface area contributed by atoms with Crippen molar-refractivity contribution in [2.24, 2.45) is 4.99 Å². The number of benzene rings is 3. The van der Waals surface area contributed by atoms with E-state index in [0.717, 1.165) is 28.8 Å². The molecule has 0 radical (unpaired) electrons. The van der Waals surface area contributed by atoms with Gasteiger partial charge in [-0.2, -0.15) is 0 Å². The van der Waals surface area contributed by atoms with Crippen molar-refractivity contribution in [2.45, 2.75) is 33.8 Å². The molecule has 1 heterocycles. The summed E-state index contributed by atoms with van der Waals surface area (Å²) in [5.74, 6) is 0.819. The topological polar surface area (TPSA) is 59.9 Å². The molecule has 1 aliphatic heterocycles. The van der Waals surface area contributed by atoms with Crippen LogP contribution in [-0.2, 0) is 17.8 Å². The van der Waals surface area contributed by atoms with Crippen molar-refractivity contribution in [3.63, 3.8) is 0 Å². The lowest BCUT2D eigenvalue weighted by atomic mass is 10.1. The molecule has 0 aliphatic carbocycles. The summed E-state index contributed by atoms with van der Waals surface area (Å²) in [4.78, 5) is 17.6. The second kappa shape index (κ2) is 11.5. The molecular formula is C28H27ClN2O3S. The first-order chi connectivity index (χ1) is 16.9. The van der Waals surface area contributed by atoms with E-state index in [1.807, 2.05) is 62.4 Å². The summed E-state index contributed by atoms with van der Waals surface area (Å²) >= 11 is 7.88. The van der Waals surface area contributed by atoms with Crippen LogP contribution < -0.4 is 14.8 Å². The molecule has 35 heavy (non-hydrogen) atoms. The van der Waals surface area contributed by atoms with Crippen molar-refractivity contribution in [3.05, 3.63) is 92.8 Å². The number of ether oxygens (including phenoxy) is 2. The maximum atomic E-state index is 12.6. The van der Waals surface area contributed by atoms with Crippen LogP contribution in [-0.4, -0.2) is 17.7 Å². The molecule has 4 rings (SSSR count). The third kappa shape index (κ3) is 6.47. The van der Waals surface area contributed by atoms with Crippen LogP contribution in [0.4, 0.5) is 5.69 Å². The van der Waals surface area contributed by atoms with Gasteiger partial charge in [0.05, 0.1) is 22.2 Å². The summed E-state index contributed by atoms with van der Waals surface area (Å²) < 4.78 is 11.8. The SMILES string of the molecule is CCOc1cc(/C=C2\SC(=Nc3ccc(CC)cc3)NC2=O)cc(Cl)c1OCc1cccc(C)c1. The van der Waals surface area contributed by atoms with Gasteiger partial charge in [0.15, 0.2) is 16.7 Å². The lowest BCUT2D eigenvalue weighted by Crippen LogP contribution is -2.19. The molecule has 180 valence electrons. The molecule has 0 saturated carbocycles. The van der Waals surface area contributed by atoms with Gasteiger partial charge in [-0.15, -0.1) is 0 Å². The highest BCUT2D eigenvalue weighted by Crippen LogP contribution is 2.39. The Morgan fingerprint density at radius 1 is 1.03 bits per heavy atom. The highest BCUT2D eigenvalue weighted by atomic mass is 35.5. The molecule has 3 aromatic rings. The van der Waals surface area contributed by atoms with Crippen molar-refractivity contribution >= 4 is 46.2 Å². The number of hydrogen-bond donors (Lipinski definition) is 1. The monoisotopic (exact) mass is 506 g/mol. The van der Waals surface area contributed by atoms with Crippen LogP contribution in [0.1, 0.15) is 36.1 Å². The normalized spacial score (nSPS) is 15.5. The third-order valence-electron chi connectivity index (χ3n) is 5.32. The Balaban J connectivity index is 1.54. The maximum absolute atomic E-state index is 12.6. The van der Waals surface area contributed by atoms with E-state index in [4.69, 9.17) is 21.1 Å². The summed E-state index contributed by atoms with van der Waals surface area (Å²) in [6.07, 6.45) is 2.75. The van der Waals surface area contributed by atoms with Gasteiger partial charge in [0.25, 0.3) is 5.91 Å². The molecule has 0 bridgehead atoms. The van der Waals surface area contributed by atoms with Crippen LogP contribution in [0.2, 0.25) is 5.02 Å². The van der Waals surface area contributed by atoms with E-state index in [-0.39, 0.29) is 5.91 Å². The van der Waals surface area contributed by atoms with Gasteiger partial charge in [0, 0.05) is 0 Å². The molecule has 1 saturated heterocycles. The molecular weight excluding hydrogens is 480 g/mol. The molecule has 3 aromatic carbocycles. The predicted molar refractivity (Wildman–Crippen MR) is 145 cm³/mol. The lowest BCUT2D eigenvalue weighted by molar-refractivity contribution is -0.115. The number of halogens is 1. The van der Waals surface area contributed by atoms with Crippen LogP contribution in [0.25, 0.3) is 6.08 Å². The number of carbonyl (C=O) groups excluding carboxylic acids is 1. The minimum atomic E-state index is -0.201. The molecule has 1 N–H and O–H groups in total. The number of amidine groups is 1. The average Bonchev–Trinajstić information content (AvgIpc) is 3.17. The van der Waals surface area contributed by atoms with Crippen molar-refractivity contribution < 1.29 is 14.3 Å². The van der Waals surface area contributed by atoms with Gasteiger partial charge in [-0.3, -0.25) is 4.79 Å². The minimum Gasteiger partial charge on any atom is -0.490 e. The summed E-state index contributed by atoms with van der Waals surface area (Å²) in [7, 11) is 0. The van der Waals surface area contributed by atoms with Crippen molar-refractivity contribution in [1.82, 2.24) is 5.32 Å². The van der Waals surface area contributed by atoms with Gasteiger partial charge >= 0.3 is 0 Å². The Morgan fingerprint density at radius 3 is 2.54 bits per heavy atom. The van der Waals surface area contributed by atoms with Crippen LogP contribution in [0.5, 0.6) is 11.5 Å². The smallest absolute Gasteiger partial charge is 0.264 e. The number of hydrogen-bond acceptors (Lipinski definition) is 5. The van der Waals surface area contributed by atoms with Crippen molar-refractivity contribution in [1.29, 1.82) is 0 Å². The van der Waals surface area contributed by atoms with Gasteiger partial charge in [0.1, 0.15) is 6.61 Å². The number of carbonyl (C=O) groups is 1. The zero-order valence-electron chi connectivity index (χ0n) is 19.9. The zero-order valence-corrected chi connectivity index (χ0v) is 21.5. The van der Waals surface area contributed by atoms with Gasteiger partial charge in [-0.1, -0.05) is 60.5 Å². The fraction of sp³-hybridized carbons (Fsp3) is 0.214. The highest BCUT2D eigenvalue weighted by molar-refractivity contribution is 8.18. The fourth-order valence-corrected chi connectivity index (χ4v) is 4.70. The Hall–Kier alpha value is -3.22. The second-order valence-electron chi connectivity index (χ2n) is 8.04. The van der Waals surface area contributed by atoms with Gasteiger partial charge in [0.2, 0.25) is 0 Å². The predicted octanol–water partition coefficient (Wildman–Crippen LogP) is 7.08. The van der Waals surface area contributed by atoms with E-state index in [9.17, 15) is 4.79 Å². The molecule has 0 atom stereocenters. The highest BCUT2D eigenvalue weighted by Gasteiger charge is 2.24. The second-order valence-corrected chi connectivity index (χ2v) is 9.48. The number of nitrogens with one attached hydrogen (secondary N) is 1. The Bertz CT molecular complexity index is 1290. The van der Waals surface area contributed by atoms with Crippen LogP contribution in [0.3, 0.4) is 0 Å². The van der Waals surface area contributed by atoms with E-state index < -0.39 is 0 Å². The Labute approximate surface area is 215 Å². The quantitative estimate of drug-likeness (QED) is 0.331. The van der Waals surface area contributed by atoms with Gasteiger partial charge < -0.3 is 14.8 Å². The molecule has 0 aromatic heterocycles. The summed E-state index contributed by atoms with van der Waals surface area (Å²) in [6.45, 7) is 6.88. The summed E-state index contributed by atoms with van der Waals surface area (Å²) in [6, 6.07) is 19.7. The molecule has 1 aliphatic rings. The van der Waals surface area contributed by atoms with E-state index in [1.54, 1.807) is 12.1 Å². The standard InChI is InChI=1S/C28H27ClN2O3S/c1-4-19-9-11-22(12-10-19)30-28-31-27(32)25(35-28)16-21-14-23(29)26(24(15-21)33-5-2)34-17-20-8-6-7-18(3)13-20/h6-16H,4-5,17H2,1-3H3,(H,30,31,32)/b25-16-. The molecule has 1 fully saturated rings.